The summed E-state index contributed by atoms with van der Waals surface area (Å²) in [4.78, 5) is 0. The van der Waals surface area contributed by atoms with Gasteiger partial charge in [0.1, 0.15) is 11.8 Å². The molecule has 0 saturated carbocycles. The van der Waals surface area contributed by atoms with Gasteiger partial charge in [-0.3, -0.25) is 0 Å². The van der Waals surface area contributed by atoms with Crippen molar-refractivity contribution >= 4 is 47.0 Å². The van der Waals surface area contributed by atoms with E-state index in [1.807, 2.05) is 0 Å². The van der Waals surface area contributed by atoms with Crippen molar-refractivity contribution in [3.8, 4) is 0 Å². The Morgan fingerprint density at radius 1 is 0.955 bits per heavy atom. The molecule has 0 amide bonds. The Balaban J connectivity index is 1.90. The summed E-state index contributed by atoms with van der Waals surface area (Å²) in [6.07, 6.45) is 6.29. The lowest BCUT2D eigenvalue weighted by Gasteiger charge is -2.23. The van der Waals surface area contributed by atoms with Gasteiger partial charge in [0.2, 0.25) is 0 Å². The maximum absolute atomic E-state index is 6.29. The summed E-state index contributed by atoms with van der Waals surface area (Å²) in [5.41, 5.74) is 0.764. The molecule has 114 valence electrons. The van der Waals surface area contributed by atoms with Gasteiger partial charge in [-0.15, -0.1) is 0 Å². The smallest absolute Gasteiger partial charge is 0.0876 e. The normalized spacial score (nSPS) is 20.2. The molecular formula is C18H21P2S2+. The zero-order chi connectivity index (χ0) is 15.4. The van der Waals surface area contributed by atoms with E-state index in [0.717, 1.165) is 11.8 Å². The minimum Gasteiger partial charge on any atom is -0.0876 e. The second-order valence-electron chi connectivity index (χ2n) is 5.86. The van der Waals surface area contributed by atoms with E-state index >= 15 is 0 Å². The summed E-state index contributed by atoms with van der Waals surface area (Å²) in [6, 6.07) is 19.8. The highest BCUT2D eigenvalue weighted by molar-refractivity contribution is 8.21. The first kappa shape index (κ1) is 16.5. The first-order valence-electron chi connectivity index (χ1n) is 7.84. The number of hydrogen-bond donors (Lipinski definition) is 0. The average molecular weight is 363 g/mol. The van der Waals surface area contributed by atoms with Crippen LogP contribution >= 0.6 is 12.7 Å². The zero-order valence-electron chi connectivity index (χ0n) is 12.6. The van der Waals surface area contributed by atoms with Gasteiger partial charge in [0.25, 0.3) is 0 Å². The maximum atomic E-state index is 6.29. The maximum Gasteiger partial charge on any atom is 0.178 e. The van der Waals surface area contributed by atoms with Crippen molar-refractivity contribution in [2.45, 2.75) is 24.9 Å². The predicted octanol–water partition coefficient (Wildman–Crippen LogP) is 4.61. The molecule has 0 bridgehead atoms. The van der Waals surface area contributed by atoms with Crippen LogP contribution in [-0.4, -0.2) is 18.0 Å². The third-order valence-corrected chi connectivity index (χ3v) is 12.9. The molecule has 1 aliphatic heterocycles. The van der Waals surface area contributed by atoms with Crippen molar-refractivity contribution in [1.29, 1.82) is 0 Å². The Bertz CT molecular complexity index is 639. The Morgan fingerprint density at radius 3 is 1.95 bits per heavy atom. The van der Waals surface area contributed by atoms with Gasteiger partial charge in [-0.25, -0.2) is 0 Å². The summed E-state index contributed by atoms with van der Waals surface area (Å²) in [5, 5.41) is 2.70. The topological polar surface area (TPSA) is 0 Å². The SMILES string of the molecule is S=[P+]1CCC[C@H]1CCP(=S)(c1ccccc1)c1ccccc1. The van der Waals surface area contributed by atoms with Crippen LogP contribution < -0.4 is 10.6 Å². The van der Waals surface area contributed by atoms with E-state index in [-0.39, 0.29) is 6.70 Å². The predicted molar refractivity (Wildman–Crippen MR) is 108 cm³/mol. The van der Waals surface area contributed by atoms with Crippen LogP contribution in [0.5, 0.6) is 0 Å². The molecule has 1 saturated heterocycles. The van der Waals surface area contributed by atoms with Crippen LogP contribution in [0.25, 0.3) is 0 Å². The molecule has 3 rings (SSSR count). The number of benzene rings is 2. The Hall–Kier alpha value is -0.390. The van der Waals surface area contributed by atoms with E-state index in [1.54, 1.807) is 0 Å². The van der Waals surface area contributed by atoms with E-state index in [2.05, 4.69) is 60.7 Å². The van der Waals surface area contributed by atoms with Gasteiger partial charge in [-0.1, -0.05) is 72.5 Å². The summed E-state index contributed by atoms with van der Waals surface area (Å²) in [6.45, 7) is -0.164. The lowest BCUT2D eigenvalue weighted by Crippen LogP contribution is -2.19. The van der Waals surface area contributed by atoms with E-state index in [4.69, 9.17) is 23.6 Å². The van der Waals surface area contributed by atoms with Crippen LogP contribution in [0, 0.1) is 0 Å². The fourth-order valence-corrected chi connectivity index (χ4v) is 9.99. The quantitative estimate of drug-likeness (QED) is 0.712. The summed E-state index contributed by atoms with van der Waals surface area (Å²) in [7, 11) is 0. The molecule has 0 radical (unpaired) electrons. The minimum absolute atomic E-state index is 0.164. The minimum atomic E-state index is -1.71. The van der Waals surface area contributed by atoms with Gasteiger partial charge < -0.3 is 0 Å². The molecule has 0 spiro atoms. The highest BCUT2D eigenvalue weighted by atomic mass is 32.4. The lowest BCUT2D eigenvalue weighted by atomic mass is 10.2. The van der Waals surface area contributed by atoms with Crippen LogP contribution in [0.4, 0.5) is 0 Å². The molecule has 1 aliphatic rings. The molecule has 1 fully saturated rings. The monoisotopic (exact) mass is 363 g/mol. The summed E-state index contributed by atoms with van der Waals surface area (Å²) >= 11 is 12.0. The molecule has 0 aromatic heterocycles. The van der Waals surface area contributed by atoms with Gasteiger partial charge in [0, 0.05) is 6.04 Å². The molecular weight excluding hydrogens is 342 g/mol. The van der Waals surface area contributed by atoms with E-state index < -0.39 is 6.04 Å². The van der Waals surface area contributed by atoms with Crippen molar-refractivity contribution < 1.29 is 0 Å². The van der Waals surface area contributed by atoms with Crippen LogP contribution in [-0.2, 0) is 23.6 Å². The Labute approximate surface area is 144 Å². The Morgan fingerprint density at radius 2 is 1.50 bits per heavy atom. The molecule has 2 aromatic carbocycles. The van der Waals surface area contributed by atoms with Crippen molar-refractivity contribution in [3.63, 3.8) is 0 Å². The van der Waals surface area contributed by atoms with Gasteiger partial charge in [-0.2, -0.15) is 0 Å². The van der Waals surface area contributed by atoms with Gasteiger partial charge in [0.15, 0.2) is 18.5 Å². The van der Waals surface area contributed by atoms with Gasteiger partial charge in [0.05, 0.1) is 0 Å². The van der Waals surface area contributed by atoms with E-state index in [1.165, 1.54) is 36.0 Å². The third kappa shape index (κ3) is 3.57. The largest absolute Gasteiger partial charge is 0.178 e. The van der Waals surface area contributed by atoms with E-state index in [9.17, 15) is 0 Å². The highest BCUT2D eigenvalue weighted by Crippen LogP contribution is 2.49. The summed E-state index contributed by atoms with van der Waals surface area (Å²) < 4.78 is 0. The zero-order valence-corrected chi connectivity index (χ0v) is 16.0. The van der Waals surface area contributed by atoms with Crippen LogP contribution in [0.1, 0.15) is 19.3 Å². The molecule has 2 aromatic rings. The molecule has 4 heteroatoms. The molecule has 0 nitrogen and oxygen atoms in total. The van der Waals surface area contributed by atoms with Crippen molar-refractivity contribution in [3.05, 3.63) is 60.7 Å². The standard InChI is InChI=1S/C18H21P2S2/c21-19-14-7-8-16(19)13-15-20(22,17-9-3-1-4-10-17)18-11-5-2-6-12-18/h1-6,9-12,16H,7-8,13-15H2/q+1/t16-/m0/s1. The fourth-order valence-electron chi connectivity index (χ4n) is 3.17. The Kier molecular flexibility index (Phi) is 5.58. The van der Waals surface area contributed by atoms with Crippen molar-refractivity contribution in [1.82, 2.24) is 0 Å². The van der Waals surface area contributed by atoms with Gasteiger partial charge >= 0.3 is 0 Å². The summed E-state index contributed by atoms with van der Waals surface area (Å²) in [5.74, 6) is 0. The first-order chi connectivity index (χ1) is 10.7. The second kappa shape index (κ2) is 7.45. The van der Waals surface area contributed by atoms with Gasteiger partial charge in [-0.05, 0) is 36.0 Å². The molecule has 2 atom stereocenters. The fraction of sp³-hybridized carbons (Fsp3) is 0.333. The van der Waals surface area contributed by atoms with Crippen molar-refractivity contribution in [2.75, 3.05) is 12.3 Å². The average Bonchev–Trinajstić information content (AvgIpc) is 2.99. The second-order valence-corrected chi connectivity index (χ2v) is 14.1. The first-order valence-corrected chi connectivity index (χ1v) is 13.4. The van der Waals surface area contributed by atoms with Crippen LogP contribution in [0.3, 0.4) is 0 Å². The molecule has 1 unspecified atom stereocenters. The highest BCUT2D eigenvalue weighted by Gasteiger charge is 2.33. The lowest BCUT2D eigenvalue weighted by molar-refractivity contribution is 0.761. The van der Waals surface area contributed by atoms with Crippen LogP contribution in [0.2, 0.25) is 0 Å². The molecule has 22 heavy (non-hydrogen) atoms. The van der Waals surface area contributed by atoms with Crippen LogP contribution in [0.15, 0.2) is 60.7 Å². The van der Waals surface area contributed by atoms with Crippen molar-refractivity contribution in [2.24, 2.45) is 0 Å². The number of rotatable bonds is 5. The molecule has 0 aliphatic carbocycles. The molecule has 1 heterocycles. The number of hydrogen-bond acceptors (Lipinski definition) is 2. The van der Waals surface area contributed by atoms with E-state index in [0.29, 0.717) is 0 Å². The molecule has 0 N–H and O–H groups in total. The third-order valence-electron chi connectivity index (χ3n) is 4.45.